The highest BCUT2D eigenvalue weighted by Crippen LogP contribution is 2.11. The quantitative estimate of drug-likeness (QED) is 0.564. The average Bonchev–Trinajstić information content (AvgIpc) is 2.35. The first kappa shape index (κ1) is 17.3. The van der Waals surface area contributed by atoms with Crippen LogP contribution in [0.5, 0.6) is 0 Å². The molecule has 0 saturated carbocycles. The van der Waals surface area contributed by atoms with Crippen molar-refractivity contribution >= 4 is 5.91 Å². The second-order valence-corrected chi connectivity index (χ2v) is 4.66. The van der Waals surface area contributed by atoms with Crippen LogP contribution in [0.1, 0.15) is 58.3 Å². The van der Waals surface area contributed by atoms with Crippen molar-refractivity contribution in [1.82, 2.24) is 5.32 Å². The minimum Gasteiger partial charge on any atom is -0.390 e. The first-order valence-corrected chi connectivity index (χ1v) is 6.77. The van der Waals surface area contributed by atoms with Crippen molar-refractivity contribution in [3.05, 3.63) is 0 Å². The maximum absolute atomic E-state index is 12.6. The summed E-state index contributed by atoms with van der Waals surface area (Å²) in [7, 11) is 0. The molecule has 0 atom stereocenters. The summed E-state index contributed by atoms with van der Waals surface area (Å²) in [5.74, 6) is -3.58. The third-order valence-electron chi connectivity index (χ3n) is 2.78. The smallest absolute Gasteiger partial charge is 0.287 e. The Balaban J connectivity index is 3.38. The van der Waals surface area contributed by atoms with Gasteiger partial charge >= 0.3 is 0 Å². The molecule has 0 heterocycles. The molecule has 5 heteroatoms. The monoisotopic (exact) mass is 265 g/mol. The number of unbranched alkanes of at least 4 members (excludes halogenated alkanes) is 6. The third-order valence-corrected chi connectivity index (χ3v) is 2.78. The summed E-state index contributed by atoms with van der Waals surface area (Å²) in [6, 6.07) is 0. The highest BCUT2D eigenvalue weighted by atomic mass is 19.3. The normalized spacial score (nSPS) is 11.6. The van der Waals surface area contributed by atoms with E-state index in [1.807, 2.05) is 0 Å². The lowest BCUT2D eigenvalue weighted by Crippen LogP contribution is -2.38. The number of aliphatic hydroxyl groups excluding tert-OH is 1. The maximum Gasteiger partial charge on any atom is 0.287 e. The lowest BCUT2D eigenvalue weighted by atomic mass is 10.1. The highest BCUT2D eigenvalue weighted by molar-refractivity contribution is 5.75. The van der Waals surface area contributed by atoms with Gasteiger partial charge in [0.1, 0.15) is 6.61 Å². The highest BCUT2D eigenvalue weighted by Gasteiger charge is 2.27. The van der Waals surface area contributed by atoms with Gasteiger partial charge in [-0.1, -0.05) is 45.4 Å². The zero-order chi connectivity index (χ0) is 13.9. The second kappa shape index (κ2) is 10.2. The Morgan fingerprint density at radius 3 is 2.22 bits per heavy atom. The predicted molar refractivity (Wildman–Crippen MR) is 67.7 cm³/mol. The fourth-order valence-electron chi connectivity index (χ4n) is 1.61. The number of aliphatic hydroxyl groups is 1. The minimum atomic E-state index is -3.21. The van der Waals surface area contributed by atoms with Crippen LogP contribution in [0.25, 0.3) is 0 Å². The molecule has 0 aliphatic rings. The molecular formula is C13H25F2NO2. The summed E-state index contributed by atoms with van der Waals surface area (Å²) >= 11 is 0. The number of alkyl halides is 2. The molecule has 0 saturated heterocycles. The van der Waals surface area contributed by atoms with Gasteiger partial charge in [0, 0.05) is 6.42 Å². The molecule has 0 aromatic rings. The third kappa shape index (κ3) is 10.4. The number of carbonyl (C=O) groups is 1. The van der Waals surface area contributed by atoms with Gasteiger partial charge in [0.15, 0.2) is 0 Å². The maximum atomic E-state index is 12.6. The number of amides is 1. The van der Waals surface area contributed by atoms with Gasteiger partial charge in [-0.05, 0) is 6.42 Å². The van der Waals surface area contributed by atoms with Gasteiger partial charge < -0.3 is 10.4 Å². The van der Waals surface area contributed by atoms with E-state index in [2.05, 4.69) is 12.2 Å². The van der Waals surface area contributed by atoms with Crippen molar-refractivity contribution in [2.24, 2.45) is 0 Å². The van der Waals surface area contributed by atoms with Crippen LogP contribution >= 0.6 is 0 Å². The van der Waals surface area contributed by atoms with E-state index < -0.39 is 19.1 Å². The summed E-state index contributed by atoms with van der Waals surface area (Å²) in [5, 5.41) is 10.5. The summed E-state index contributed by atoms with van der Waals surface area (Å²) in [5.41, 5.74) is 0. The number of hydrogen-bond acceptors (Lipinski definition) is 2. The van der Waals surface area contributed by atoms with E-state index in [-0.39, 0.29) is 12.3 Å². The molecule has 0 unspecified atom stereocenters. The Hall–Kier alpha value is -0.710. The molecule has 108 valence electrons. The molecule has 0 spiro atoms. The lowest BCUT2D eigenvalue weighted by Gasteiger charge is -2.13. The van der Waals surface area contributed by atoms with E-state index in [1.54, 1.807) is 0 Å². The first-order chi connectivity index (χ1) is 8.52. The van der Waals surface area contributed by atoms with Crippen LogP contribution in [0.4, 0.5) is 8.78 Å². The zero-order valence-corrected chi connectivity index (χ0v) is 11.2. The Kier molecular flexibility index (Phi) is 9.83. The van der Waals surface area contributed by atoms with E-state index >= 15 is 0 Å². The SMILES string of the molecule is CCCCCCCCCC(=O)NCC(F)(F)CO. The Morgan fingerprint density at radius 2 is 1.67 bits per heavy atom. The lowest BCUT2D eigenvalue weighted by molar-refractivity contribution is -0.124. The van der Waals surface area contributed by atoms with Crippen molar-refractivity contribution in [2.45, 2.75) is 64.2 Å². The van der Waals surface area contributed by atoms with Crippen LogP contribution in [0, 0.1) is 0 Å². The minimum absolute atomic E-state index is 0.287. The molecule has 0 fully saturated rings. The summed E-state index contributed by atoms with van der Waals surface area (Å²) in [6.45, 7) is 0.149. The molecule has 0 aliphatic heterocycles. The van der Waals surface area contributed by atoms with Crippen molar-refractivity contribution in [3.8, 4) is 0 Å². The van der Waals surface area contributed by atoms with Crippen LogP contribution in [-0.4, -0.2) is 30.1 Å². The molecule has 0 aliphatic carbocycles. The number of nitrogens with one attached hydrogen (secondary N) is 1. The summed E-state index contributed by atoms with van der Waals surface area (Å²) in [6.07, 6.45) is 7.95. The molecule has 0 aromatic carbocycles. The standard InChI is InChI=1S/C13H25F2NO2/c1-2-3-4-5-6-7-8-9-12(18)16-10-13(14,15)11-17/h17H,2-11H2,1H3,(H,16,18). The molecule has 1 amide bonds. The van der Waals surface area contributed by atoms with Crippen LogP contribution < -0.4 is 5.32 Å². The predicted octanol–water partition coefficient (Wildman–Crippen LogP) is 2.87. The van der Waals surface area contributed by atoms with Crippen molar-refractivity contribution in [3.63, 3.8) is 0 Å². The molecule has 0 rings (SSSR count). The van der Waals surface area contributed by atoms with E-state index in [4.69, 9.17) is 5.11 Å². The Bertz CT molecular complexity index is 223. The van der Waals surface area contributed by atoms with Crippen LogP contribution in [0.2, 0.25) is 0 Å². The Morgan fingerprint density at radius 1 is 1.11 bits per heavy atom. The van der Waals surface area contributed by atoms with Crippen molar-refractivity contribution < 1.29 is 18.7 Å². The zero-order valence-electron chi connectivity index (χ0n) is 11.2. The number of carbonyl (C=O) groups excluding carboxylic acids is 1. The van der Waals surface area contributed by atoms with Crippen LogP contribution in [0.3, 0.4) is 0 Å². The molecule has 0 bridgehead atoms. The van der Waals surface area contributed by atoms with Gasteiger partial charge in [-0.3, -0.25) is 4.79 Å². The van der Waals surface area contributed by atoms with E-state index in [0.717, 1.165) is 19.3 Å². The summed E-state index contributed by atoms with van der Waals surface area (Å²) in [4.78, 5) is 11.2. The van der Waals surface area contributed by atoms with Crippen LogP contribution in [-0.2, 0) is 4.79 Å². The fraction of sp³-hybridized carbons (Fsp3) is 0.923. The molecule has 3 nitrogen and oxygen atoms in total. The summed E-state index contributed by atoms with van der Waals surface area (Å²) < 4.78 is 25.2. The van der Waals surface area contributed by atoms with Gasteiger partial charge in [0.05, 0.1) is 6.54 Å². The van der Waals surface area contributed by atoms with Gasteiger partial charge in [-0.15, -0.1) is 0 Å². The molecule has 0 aromatic heterocycles. The average molecular weight is 265 g/mol. The first-order valence-electron chi connectivity index (χ1n) is 6.77. The second-order valence-electron chi connectivity index (χ2n) is 4.66. The number of rotatable bonds is 11. The van der Waals surface area contributed by atoms with Gasteiger partial charge in [-0.25, -0.2) is 8.78 Å². The van der Waals surface area contributed by atoms with Crippen LogP contribution in [0.15, 0.2) is 0 Å². The van der Waals surface area contributed by atoms with E-state index in [1.165, 1.54) is 25.7 Å². The van der Waals surface area contributed by atoms with E-state index in [9.17, 15) is 13.6 Å². The molecule has 18 heavy (non-hydrogen) atoms. The molecular weight excluding hydrogens is 240 g/mol. The fourth-order valence-corrected chi connectivity index (χ4v) is 1.61. The molecule has 0 radical (unpaired) electrons. The largest absolute Gasteiger partial charge is 0.390 e. The number of hydrogen-bond donors (Lipinski definition) is 2. The topological polar surface area (TPSA) is 49.3 Å². The van der Waals surface area contributed by atoms with Crippen molar-refractivity contribution in [1.29, 1.82) is 0 Å². The molecule has 2 N–H and O–H groups in total. The van der Waals surface area contributed by atoms with Gasteiger partial charge in [-0.2, -0.15) is 0 Å². The van der Waals surface area contributed by atoms with Crippen molar-refractivity contribution in [2.75, 3.05) is 13.2 Å². The van der Waals surface area contributed by atoms with E-state index in [0.29, 0.717) is 0 Å². The Labute approximate surface area is 108 Å². The number of halogens is 2. The van der Waals surface area contributed by atoms with Gasteiger partial charge in [0.2, 0.25) is 5.91 Å². The van der Waals surface area contributed by atoms with Gasteiger partial charge in [0.25, 0.3) is 5.92 Å².